The number of hydrogen-bond acceptors (Lipinski definition) is 3. The molecule has 0 spiro atoms. The summed E-state index contributed by atoms with van der Waals surface area (Å²) in [7, 11) is 0. The SMILES string of the molecule is CCC(C)NC(=O)C1CCCN(C(=O)NCc2cccs2)C1. The van der Waals surface area contributed by atoms with Gasteiger partial charge >= 0.3 is 6.03 Å². The van der Waals surface area contributed by atoms with Crippen LogP contribution in [0.15, 0.2) is 17.5 Å². The van der Waals surface area contributed by atoms with E-state index in [9.17, 15) is 9.59 Å². The van der Waals surface area contributed by atoms with Crippen molar-refractivity contribution in [1.82, 2.24) is 15.5 Å². The third-order valence-electron chi connectivity index (χ3n) is 4.07. The predicted octanol–water partition coefficient (Wildman–Crippen LogP) is 2.58. The molecule has 0 saturated carbocycles. The van der Waals surface area contributed by atoms with E-state index in [0.29, 0.717) is 13.1 Å². The van der Waals surface area contributed by atoms with Crippen LogP contribution < -0.4 is 10.6 Å². The average molecular weight is 323 g/mol. The molecule has 1 aliphatic rings. The first-order chi connectivity index (χ1) is 10.6. The Labute approximate surface area is 136 Å². The molecule has 3 amide bonds. The second kappa shape index (κ2) is 8.17. The van der Waals surface area contributed by atoms with Crippen molar-refractivity contribution < 1.29 is 9.59 Å². The molecule has 0 bridgehead atoms. The normalized spacial score (nSPS) is 19.5. The van der Waals surface area contributed by atoms with Crippen LogP contribution in [0.25, 0.3) is 0 Å². The van der Waals surface area contributed by atoms with E-state index in [1.54, 1.807) is 16.2 Å². The molecule has 2 rings (SSSR count). The lowest BCUT2D eigenvalue weighted by atomic mass is 9.97. The predicted molar refractivity (Wildman–Crippen MR) is 88.7 cm³/mol. The molecule has 2 N–H and O–H groups in total. The largest absolute Gasteiger partial charge is 0.353 e. The Balaban J connectivity index is 1.81. The Morgan fingerprint density at radius 2 is 2.32 bits per heavy atom. The molecule has 22 heavy (non-hydrogen) atoms. The van der Waals surface area contributed by atoms with Gasteiger partial charge in [-0.15, -0.1) is 11.3 Å². The molecule has 0 aliphatic carbocycles. The minimum atomic E-state index is -0.0877. The van der Waals surface area contributed by atoms with Gasteiger partial charge in [0.15, 0.2) is 0 Å². The first-order valence-electron chi connectivity index (χ1n) is 7.95. The van der Waals surface area contributed by atoms with E-state index in [0.717, 1.165) is 30.7 Å². The quantitative estimate of drug-likeness (QED) is 0.875. The van der Waals surface area contributed by atoms with Gasteiger partial charge in [0, 0.05) is 24.0 Å². The Morgan fingerprint density at radius 3 is 3.00 bits per heavy atom. The highest BCUT2D eigenvalue weighted by molar-refractivity contribution is 7.09. The summed E-state index contributed by atoms with van der Waals surface area (Å²) < 4.78 is 0. The van der Waals surface area contributed by atoms with Crippen LogP contribution in [0.4, 0.5) is 4.79 Å². The topological polar surface area (TPSA) is 61.4 Å². The minimum absolute atomic E-state index is 0.0742. The molecule has 1 aromatic heterocycles. The first-order valence-corrected chi connectivity index (χ1v) is 8.83. The van der Waals surface area contributed by atoms with Gasteiger partial charge in [0.1, 0.15) is 0 Å². The number of amides is 3. The van der Waals surface area contributed by atoms with Crippen molar-refractivity contribution in [3.63, 3.8) is 0 Å². The highest BCUT2D eigenvalue weighted by atomic mass is 32.1. The van der Waals surface area contributed by atoms with E-state index in [1.807, 2.05) is 24.4 Å². The molecule has 1 aliphatic heterocycles. The number of nitrogens with one attached hydrogen (secondary N) is 2. The summed E-state index contributed by atoms with van der Waals surface area (Å²) in [6.45, 7) is 5.85. The van der Waals surface area contributed by atoms with Crippen molar-refractivity contribution in [1.29, 1.82) is 0 Å². The van der Waals surface area contributed by atoms with Crippen molar-refractivity contribution >= 4 is 23.3 Å². The molecule has 2 unspecified atom stereocenters. The van der Waals surface area contributed by atoms with Crippen molar-refractivity contribution in [2.75, 3.05) is 13.1 Å². The van der Waals surface area contributed by atoms with Crippen LogP contribution in [0, 0.1) is 5.92 Å². The molecule has 122 valence electrons. The maximum absolute atomic E-state index is 12.2. The van der Waals surface area contributed by atoms with Gasteiger partial charge in [-0.3, -0.25) is 4.79 Å². The standard InChI is InChI=1S/C16H25N3O2S/c1-3-12(2)18-15(20)13-6-4-8-19(11-13)16(21)17-10-14-7-5-9-22-14/h5,7,9,12-13H,3-4,6,8,10-11H2,1-2H3,(H,17,21)(H,18,20). The van der Waals surface area contributed by atoms with Crippen LogP contribution >= 0.6 is 11.3 Å². The number of thiophene rings is 1. The monoisotopic (exact) mass is 323 g/mol. The summed E-state index contributed by atoms with van der Waals surface area (Å²) in [6.07, 6.45) is 2.66. The highest BCUT2D eigenvalue weighted by Crippen LogP contribution is 2.17. The van der Waals surface area contributed by atoms with E-state index < -0.39 is 0 Å². The van der Waals surface area contributed by atoms with Crippen molar-refractivity contribution in [3.05, 3.63) is 22.4 Å². The third kappa shape index (κ3) is 4.73. The lowest BCUT2D eigenvalue weighted by molar-refractivity contribution is -0.126. The third-order valence-corrected chi connectivity index (χ3v) is 4.95. The van der Waals surface area contributed by atoms with Crippen molar-refractivity contribution in [3.8, 4) is 0 Å². The molecule has 6 heteroatoms. The van der Waals surface area contributed by atoms with E-state index in [1.165, 1.54) is 0 Å². The molecule has 1 fully saturated rings. The number of carbonyl (C=O) groups excluding carboxylic acids is 2. The molecule has 0 radical (unpaired) electrons. The summed E-state index contributed by atoms with van der Waals surface area (Å²) in [5, 5.41) is 7.95. The van der Waals surface area contributed by atoms with Gasteiger partial charge in [0.25, 0.3) is 0 Å². The molecular weight excluding hydrogens is 298 g/mol. The number of likely N-dealkylation sites (tertiary alicyclic amines) is 1. The van der Waals surface area contributed by atoms with Crippen LogP contribution in [0.3, 0.4) is 0 Å². The maximum Gasteiger partial charge on any atom is 0.317 e. The smallest absolute Gasteiger partial charge is 0.317 e. The lowest BCUT2D eigenvalue weighted by Gasteiger charge is -2.32. The van der Waals surface area contributed by atoms with Crippen LogP contribution in [-0.4, -0.2) is 36.0 Å². The molecule has 1 aromatic rings. The number of hydrogen-bond donors (Lipinski definition) is 2. The zero-order chi connectivity index (χ0) is 15.9. The molecule has 1 saturated heterocycles. The minimum Gasteiger partial charge on any atom is -0.353 e. The van der Waals surface area contributed by atoms with Gasteiger partial charge in [-0.25, -0.2) is 4.79 Å². The number of nitrogens with zero attached hydrogens (tertiary/aromatic N) is 1. The molecule has 2 heterocycles. The fourth-order valence-electron chi connectivity index (χ4n) is 2.53. The van der Waals surface area contributed by atoms with E-state index in [2.05, 4.69) is 17.6 Å². The van der Waals surface area contributed by atoms with Gasteiger partial charge in [-0.1, -0.05) is 13.0 Å². The van der Waals surface area contributed by atoms with Gasteiger partial charge < -0.3 is 15.5 Å². The second-order valence-electron chi connectivity index (χ2n) is 5.84. The van der Waals surface area contributed by atoms with Crippen molar-refractivity contribution in [2.24, 2.45) is 5.92 Å². The average Bonchev–Trinajstić information content (AvgIpc) is 3.06. The van der Waals surface area contributed by atoms with Crippen molar-refractivity contribution in [2.45, 2.75) is 45.7 Å². The van der Waals surface area contributed by atoms with Crippen LogP contribution in [0.2, 0.25) is 0 Å². The maximum atomic E-state index is 12.2. The summed E-state index contributed by atoms with van der Waals surface area (Å²) in [4.78, 5) is 27.3. The van der Waals surface area contributed by atoms with E-state index in [4.69, 9.17) is 0 Å². The lowest BCUT2D eigenvalue weighted by Crippen LogP contribution is -2.49. The Bertz CT molecular complexity index is 490. The zero-order valence-electron chi connectivity index (χ0n) is 13.3. The number of urea groups is 1. The Kier molecular flexibility index (Phi) is 6.24. The summed E-state index contributed by atoms with van der Waals surface area (Å²) in [5.74, 6) is -0.0136. The van der Waals surface area contributed by atoms with Gasteiger partial charge in [-0.2, -0.15) is 0 Å². The summed E-state index contributed by atoms with van der Waals surface area (Å²) in [6, 6.07) is 4.09. The van der Waals surface area contributed by atoms with E-state index >= 15 is 0 Å². The van der Waals surface area contributed by atoms with Gasteiger partial charge in [-0.05, 0) is 37.6 Å². The molecular formula is C16H25N3O2S. The van der Waals surface area contributed by atoms with Gasteiger partial charge in [0.2, 0.25) is 5.91 Å². The number of piperidine rings is 1. The molecule has 5 nitrogen and oxygen atoms in total. The zero-order valence-corrected chi connectivity index (χ0v) is 14.1. The molecule has 0 aromatic carbocycles. The van der Waals surface area contributed by atoms with Crippen LogP contribution in [0.1, 0.15) is 38.0 Å². The fraction of sp³-hybridized carbons (Fsp3) is 0.625. The van der Waals surface area contributed by atoms with Crippen LogP contribution in [-0.2, 0) is 11.3 Å². The first kappa shape index (κ1) is 16.8. The molecule has 2 atom stereocenters. The summed E-state index contributed by atoms with van der Waals surface area (Å²) >= 11 is 1.63. The Hall–Kier alpha value is -1.56. The Morgan fingerprint density at radius 1 is 1.50 bits per heavy atom. The van der Waals surface area contributed by atoms with Crippen LogP contribution in [0.5, 0.6) is 0 Å². The highest BCUT2D eigenvalue weighted by Gasteiger charge is 2.28. The fourth-order valence-corrected chi connectivity index (χ4v) is 3.17. The van der Waals surface area contributed by atoms with E-state index in [-0.39, 0.29) is 23.9 Å². The number of carbonyl (C=O) groups is 2. The number of rotatable bonds is 5. The second-order valence-corrected chi connectivity index (χ2v) is 6.87. The summed E-state index contributed by atoms with van der Waals surface area (Å²) in [5.41, 5.74) is 0. The van der Waals surface area contributed by atoms with Gasteiger partial charge in [0.05, 0.1) is 12.5 Å².